The molecule has 162 valence electrons. The third-order valence-electron chi connectivity index (χ3n) is 6.86. The number of carbonyl (C=O) groups is 4. The first-order valence-electron chi connectivity index (χ1n) is 10.8. The SMILES string of the molecule is Cc1ccc(C)c(C(=O)COC(=O)c2ccccc2N2C(=O)[C@@H]3[C@H](C2=O)[C@H]2C=C[C@H]3C2)c1. The third kappa shape index (κ3) is 3.09. The van der Waals surface area contributed by atoms with E-state index >= 15 is 0 Å². The molecule has 32 heavy (non-hydrogen) atoms. The molecule has 1 saturated carbocycles. The van der Waals surface area contributed by atoms with E-state index in [4.69, 9.17) is 4.74 Å². The number of para-hydroxylation sites is 1. The molecule has 2 amide bonds. The molecule has 2 fully saturated rings. The molecule has 1 heterocycles. The highest BCUT2D eigenvalue weighted by Gasteiger charge is 2.59. The molecule has 2 aliphatic carbocycles. The van der Waals surface area contributed by atoms with E-state index in [-0.39, 0.29) is 52.5 Å². The zero-order valence-electron chi connectivity index (χ0n) is 17.9. The Labute approximate surface area is 185 Å². The number of anilines is 1. The zero-order valence-corrected chi connectivity index (χ0v) is 17.9. The number of ether oxygens (including phenoxy) is 1. The van der Waals surface area contributed by atoms with Gasteiger partial charge >= 0.3 is 5.97 Å². The van der Waals surface area contributed by atoms with Gasteiger partial charge in [-0.1, -0.05) is 42.0 Å². The van der Waals surface area contributed by atoms with Crippen LogP contribution in [-0.4, -0.2) is 30.2 Å². The standard InChI is InChI=1S/C26H23NO5/c1-14-7-8-15(2)19(11-14)21(28)13-32-26(31)18-5-3-4-6-20(18)27-24(29)22-16-9-10-17(12-16)23(22)25(27)30/h3-11,16-17,22-23H,12-13H2,1-2H3/t16-,17-,22-,23+/m0/s1. The number of imide groups is 1. The van der Waals surface area contributed by atoms with Crippen LogP contribution < -0.4 is 4.90 Å². The van der Waals surface area contributed by atoms with Gasteiger partial charge in [0.05, 0.1) is 23.1 Å². The first-order valence-corrected chi connectivity index (χ1v) is 10.8. The number of allylic oxidation sites excluding steroid dienone is 2. The molecule has 0 spiro atoms. The highest BCUT2D eigenvalue weighted by molar-refractivity contribution is 6.24. The summed E-state index contributed by atoms with van der Waals surface area (Å²) >= 11 is 0. The van der Waals surface area contributed by atoms with Crippen molar-refractivity contribution >= 4 is 29.3 Å². The van der Waals surface area contributed by atoms with E-state index < -0.39 is 12.6 Å². The maximum Gasteiger partial charge on any atom is 0.340 e. The molecule has 6 nitrogen and oxygen atoms in total. The number of amides is 2. The number of nitrogens with zero attached hydrogens (tertiary/aromatic N) is 1. The number of hydrogen-bond donors (Lipinski definition) is 0. The Morgan fingerprint density at radius 3 is 2.28 bits per heavy atom. The summed E-state index contributed by atoms with van der Waals surface area (Å²) in [6.45, 7) is 3.30. The van der Waals surface area contributed by atoms with Crippen molar-refractivity contribution in [2.24, 2.45) is 23.7 Å². The summed E-state index contributed by atoms with van der Waals surface area (Å²) in [5, 5.41) is 0. The van der Waals surface area contributed by atoms with Crippen molar-refractivity contribution in [1.82, 2.24) is 0 Å². The normalized spacial score (nSPS) is 25.4. The fraction of sp³-hybridized carbons (Fsp3) is 0.308. The molecule has 2 aromatic carbocycles. The average Bonchev–Trinajstić information content (AvgIpc) is 3.47. The lowest BCUT2D eigenvalue weighted by Gasteiger charge is -2.20. The Bertz CT molecular complexity index is 1170. The lowest BCUT2D eigenvalue weighted by atomic mass is 9.85. The monoisotopic (exact) mass is 429 g/mol. The third-order valence-corrected chi connectivity index (χ3v) is 6.86. The molecule has 0 unspecified atom stereocenters. The van der Waals surface area contributed by atoms with Gasteiger partial charge in [-0.25, -0.2) is 9.69 Å². The quantitative estimate of drug-likeness (QED) is 0.314. The van der Waals surface area contributed by atoms with Gasteiger partial charge < -0.3 is 4.74 Å². The number of fused-ring (bicyclic) bond motifs is 5. The van der Waals surface area contributed by atoms with Gasteiger partial charge in [0.25, 0.3) is 0 Å². The first-order chi connectivity index (χ1) is 15.4. The molecule has 2 bridgehead atoms. The predicted octanol–water partition coefficient (Wildman–Crippen LogP) is 3.65. The van der Waals surface area contributed by atoms with Crippen molar-refractivity contribution in [1.29, 1.82) is 0 Å². The van der Waals surface area contributed by atoms with E-state index in [0.717, 1.165) is 22.4 Å². The number of Topliss-reactive ketones (excluding diaryl/α,β-unsaturated/α-hetero) is 1. The van der Waals surface area contributed by atoms with E-state index in [0.29, 0.717) is 5.56 Å². The molecule has 4 atom stereocenters. The van der Waals surface area contributed by atoms with Crippen molar-refractivity contribution in [2.75, 3.05) is 11.5 Å². The van der Waals surface area contributed by atoms with Crippen LogP contribution in [-0.2, 0) is 14.3 Å². The summed E-state index contributed by atoms with van der Waals surface area (Å²) in [5.74, 6) is -2.10. The van der Waals surface area contributed by atoms with Gasteiger partial charge in [-0.15, -0.1) is 0 Å². The van der Waals surface area contributed by atoms with Crippen LogP contribution in [0, 0.1) is 37.5 Å². The van der Waals surface area contributed by atoms with Crippen LogP contribution in [0.1, 0.15) is 38.3 Å². The van der Waals surface area contributed by atoms with E-state index in [1.165, 1.54) is 6.07 Å². The Kier molecular flexibility index (Phi) is 4.81. The van der Waals surface area contributed by atoms with Gasteiger partial charge in [-0.2, -0.15) is 0 Å². The summed E-state index contributed by atoms with van der Waals surface area (Å²) in [4.78, 5) is 52.9. The van der Waals surface area contributed by atoms with Crippen LogP contribution in [0.3, 0.4) is 0 Å². The minimum Gasteiger partial charge on any atom is -0.454 e. The van der Waals surface area contributed by atoms with Crippen molar-refractivity contribution in [3.63, 3.8) is 0 Å². The highest BCUT2D eigenvalue weighted by Crippen LogP contribution is 2.53. The molecule has 2 aromatic rings. The smallest absolute Gasteiger partial charge is 0.340 e. The maximum atomic E-state index is 13.1. The minimum atomic E-state index is -0.738. The van der Waals surface area contributed by atoms with Gasteiger partial charge in [0.15, 0.2) is 6.61 Å². The highest BCUT2D eigenvalue weighted by atomic mass is 16.5. The first kappa shape index (κ1) is 20.4. The molecule has 1 saturated heterocycles. The summed E-state index contributed by atoms with van der Waals surface area (Å²) in [6, 6.07) is 11.9. The van der Waals surface area contributed by atoms with Gasteiger partial charge in [0, 0.05) is 5.56 Å². The molecule has 0 N–H and O–H groups in total. The van der Waals surface area contributed by atoms with Gasteiger partial charge in [0.1, 0.15) is 0 Å². The van der Waals surface area contributed by atoms with Gasteiger partial charge in [-0.05, 0) is 55.9 Å². The van der Waals surface area contributed by atoms with Crippen molar-refractivity contribution in [3.8, 4) is 0 Å². The fourth-order valence-corrected chi connectivity index (χ4v) is 5.30. The Morgan fingerprint density at radius 1 is 0.938 bits per heavy atom. The number of carbonyl (C=O) groups excluding carboxylic acids is 4. The lowest BCUT2D eigenvalue weighted by Crippen LogP contribution is -2.34. The van der Waals surface area contributed by atoms with E-state index in [1.54, 1.807) is 24.3 Å². The topological polar surface area (TPSA) is 80.8 Å². The number of benzene rings is 2. The second-order valence-corrected chi connectivity index (χ2v) is 8.85. The number of rotatable bonds is 5. The second-order valence-electron chi connectivity index (χ2n) is 8.85. The number of esters is 1. The molecule has 3 aliphatic rings. The maximum absolute atomic E-state index is 13.1. The molecule has 5 rings (SSSR count). The number of aryl methyl sites for hydroxylation is 2. The Morgan fingerprint density at radius 2 is 1.59 bits per heavy atom. The molecule has 0 aromatic heterocycles. The summed E-state index contributed by atoms with van der Waals surface area (Å²) in [5.41, 5.74) is 2.58. The van der Waals surface area contributed by atoms with Gasteiger partial charge in [0.2, 0.25) is 17.6 Å². The number of ketones is 1. The molecule has 1 aliphatic heterocycles. The van der Waals surface area contributed by atoms with Crippen LogP contribution in [0.2, 0.25) is 0 Å². The number of hydrogen-bond acceptors (Lipinski definition) is 5. The minimum absolute atomic E-state index is 0.0840. The second kappa shape index (κ2) is 7.55. The lowest BCUT2D eigenvalue weighted by molar-refractivity contribution is -0.123. The Balaban J connectivity index is 1.37. The van der Waals surface area contributed by atoms with Crippen molar-refractivity contribution in [2.45, 2.75) is 20.3 Å². The predicted molar refractivity (Wildman–Crippen MR) is 117 cm³/mol. The fourth-order valence-electron chi connectivity index (χ4n) is 5.30. The summed E-state index contributed by atoms with van der Waals surface area (Å²) in [7, 11) is 0. The molecule has 6 heteroatoms. The van der Waals surface area contributed by atoms with E-state index in [1.807, 2.05) is 38.1 Å². The van der Waals surface area contributed by atoms with Crippen LogP contribution in [0.4, 0.5) is 5.69 Å². The zero-order chi connectivity index (χ0) is 22.6. The average molecular weight is 429 g/mol. The Hall–Kier alpha value is -3.54. The van der Waals surface area contributed by atoms with Gasteiger partial charge in [-0.3, -0.25) is 14.4 Å². The molecule has 0 radical (unpaired) electrons. The summed E-state index contributed by atoms with van der Waals surface area (Å²) < 4.78 is 5.31. The van der Waals surface area contributed by atoms with Crippen LogP contribution in [0.5, 0.6) is 0 Å². The van der Waals surface area contributed by atoms with E-state index in [9.17, 15) is 19.2 Å². The van der Waals surface area contributed by atoms with E-state index in [2.05, 4.69) is 0 Å². The van der Waals surface area contributed by atoms with Crippen LogP contribution in [0.15, 0.2) is 54.6 Å². The molecular weight excluding hydrogens is 406 g/mol. The van der Waals surface area contributed by atoms with Crippen molar-refractivity contribution < 1.29 is 23.9 Å². The van der Waals surface area contributed by atoms with Crippen molar-refractivity contribution in [3.05, 3.63) is 76.9 Å². The largest absolute Gasteiger partial charge is 0.454 e. The van der Waals surface area contributed by atoms with Crippen LogP contribution in [0.25, 0.3) is 0 Å². The van der Waals surface area contributed by atoms with Crippen LogP contribution >= 0.6 is 0 Å². The molecular formula is C26H23NO5. The summed E-state index contributed by atoms with van der Waals surface area (Å²) in [6.07, 6.45) is 4.89.